The van der Waals surface area contributed by atoms with Crippen molar-refractivity contribution in [2.24, 2.45) is 0 Å². The highest BCUT2D eigenvalue weighted by atomic mass is 35.5. The summed E-state index contributed by atoms with van der Waals surface area (Å²) in [6.07, 6.45) is 0.346. The fourth-order valence-electron chi connectivity index (χ4n) is 2.26. The average Bonchev–Trinajstić information content (AvgIpc) is 3.07. The molecule has 3 rings (SSSR count). The molecule has 0 bridgehead atoms. The number of nitrogens with one attached hydrogen (secondary N) is 1. The number of hydroxylamine groups is 1. The highest BCUT2D eigenvalue weighted by Crippen LogP contribution is 2.35. The zero-order chi connectivity index (χ0) is 14.7. The number of fused-ring (bicyclic) bond motifs is 1. The summed E-state index contributed by atoms with van der Waals surface area (Å²) in [6.45, 7) is 1.90. The van der Waals surface area contributed by atoms with Crippen molar-refractivity contribution >= 4 is 34.5 Å². The lowest BCUT2D eigenvalue weighted by atomic mass is 10.2. The lowest BCUT2D eigenvalue weighted by Gasteiger charge is -2.18. The van der Waals surface area contributed by atoms with E-state index >= 15 is 0 Å². The largest absolute Gasteiger partial charge is 0.309 e. The van der Waals surface area contributed by atoms with Gasteiger partial charge in [-0.2, -0.15) is 5.06 Å². The number of para-hydroxylation sites is 1. The topological polar surface area (TPSA) is 41.6 Å². The van der Waals surface area contributed by atoms with Gasteiger partial charge in [0.15, 0.2) is 0 Å². The van der Waals surface area contributed by atoms with E-state index in [2.05, 4.69) is 16.8 Å². The number of hydrogen-bond donors (Lipinski definition) is 1. The Balaban J connectivity index is 1.51. The number of nitrogens with zero attached hydrogens (tertiary/aromatic N) is 1. The number of halogens is 1. The van der Waals surface area contributed by atoms with E-state index in [1.165, 1.54) is 9.94 Å². The molecule has 0 spiro atoms. The van der Waals surface area contributed by atoms with Gasteiger partial charge in [0.2, 0.25) is 0 Å². The highest BCUT2D eigenvalue weighted by molar-refractivity contribution is 7.09. The molecule has 2 aromatic rings. The fourth-order valence-corrected chi connectivity index (χ4v) is 3.21. The number of carbonyl (C=O) groups is 1. The van der Waals surface area contributed by atoms with E-state index in [-0.39, 0.29) is 5.91 Å². The SMILES string of the molecule is O=C1Cc2cccc(Cl)c2N1OCCNCc1cccs1. The Bertz CT molecular complexity index is 631. The molecule has 0 fully saturated rings. The Morgan fingerprint density at radius 1 is 1.33 bits per heavy atom. The zero-order valence-electron chi connectivity index (χ0n) is 11.3. The summed E-state index contributed by atoms with van der Waals surface area (Å²) in [5, 5.41) is 7.20. The van der Waals surface area contributed by atoms with Crippen LogP contribution in [0.15, 0.2) is 35.7 Å². The summed E-state index contributed by atoms with van der Waals surface area (Å²) >= 11 is 7.86. The summed E-state index contributed by atoms with van der Waals surface area (Å²) in [7, 11) is 0. The first kappa shape index (κ1) is 14.5. The zero-order valence-corrected chi connectivity index (χ0v) is 12.9. The molecule has 110 valence electrons. The molecular weight excluding hydrogens is 308 g/mol. The molecule has 0 aliphatic carbocycles. The maximum atomic E-state index is 12.0. The van der Waals surface area contributed by atoms with Gasteiger partial charge in [0.25, 0.3) is 5.91 Å². The van der Waals surface area contributed by atoms with Crippen LogP contribution in [0.3, 0.4) is 0 Å². The van der Waals surface area contributed by atoms with Gasteiger partial charge in [0, 0.05) is 18.0 Å². The second-order valence-electron chi connectivity index (χ2n) is 4.70. The van der Waals surface area contributed by atoms with Crippen LogP contribution in [-0.2, 0) is 22.6 Å². The molecule has 0 atom stereocenters. The molecule has 0 radical (unpaired) electrons. The second-order valence-corrected chi connectivity index (χ2v) is 6.14. The summed E-state index contributed by atoms with van der Waals surface area (Å²) < 4.78 is 0. The van der Waals surface area contributed by atoms with Crippen LogP contribution in [0, 0.1) is 0 Å². The third-order valence-corrected chi connectivity index (χ3v) is 4.40. The van der Waals surface area contributed by atoms with Crippen LogP contribution in [-0.4, -0.2) is 19.1 Å². The van der Waals surface area contributed by atoms with E-state index in [0.29, 0.717) is 30.3 Å². The van der Waals surface area contributed by atoms with Gasteiger partial charge in [0.05, 0.1) is 23.7 Å². The van der Waals surface area contributed by atoms with E-state index in [0.717, 1.165) is 12.1 Å². The van der Waals surface area contributed by atoms with Crippen molar-refractivity contribution < 1.29 is 9.63 Å². The Morgan fingerprint density at radius 2 is 2.24 bits per heavy atom. The molecule has 0 saturated heterocycles. The van der Waals surface area contributed by atoms with Crippen LogP contribution in [0.2, 0.25) is 5.02 Å². The number of thiophene rings is 1. The van der Waals surface area contributed by atoms with Crippen molar-refractivity contribution in [2.75, 3.05) is 18.2 Å². The molecule has 21 heavy (non-hydrogen) atoms. The van der Waals surface area contributed by atoms with Gasteiger partial charge >= 0.3 is 0 Å². The van der Waals surface area contributed by atoms with Crippen LogP contribution in [0.4, 0.5) is 5.69 Å². The van der Waals surface area contributed by atoms with E-state index in [1.54, 1.807) is 17.4 Å². The van der Waals surface area contributed by atoms with Crippen LogP contribution in [0.5, 0.6) is 0 Å². The highest BCUT2D eigenvalue weighted by Gasteiger charge is 2.30. The summed E-state index contributed by atoms with van der Waals surface area (Å²) in [6, 6.07) is 9.63. The van der Waals surface area contributed by atoms with Crippen LogP contribution in [0.1, 0.15) is 10.4 Å². The molecule has 1 aromatic carbocycles. The number of benzene rings is 1. The Kier molecular flexibility index (Phi) is 4.55. The molecule has 1 aromatic heterocycles. The minimum absolute atomic E-state index is 0.0728. The molecule has 2 heterocycles. The number of rotatable bonds is 6. The van der Waals surface area contributed by atoms with Crippen LogP contribution in [0.25, 0.3) is 0 Å². The van der Waals surface area contributed by atoms with E-state index < -0.39 is 0 Å². The maximum Gasteiger partial charge on any atom is 0.255 e. The Morgan fingerprint density at radius 3 is 3.05 bits per heavy atom. The molecule has 0 saturated carbocycles. The molecule has 1 N–H and O–H groups in total. The standard InChI is InChI=1S/C15H15ClN2O2S/c16-13-5-1-3-11-9-14(19)18(15(11)13)20-7-6-17-10-12-4-2-8-21-12/h1-5,8,17H,6-7,9-10H2. The third kappa shape index (κ3) is 3.27. The van der Waals surface area contributed by atoms with Gasteiger partial charge < -0.3 is 5.32 Å². The van der Waals surface area contributed by atoms with Crippen molar-refractivity contribution in [1.29, 1.82) is 0 Å². The van der Waals surface area contributed by atoms with Gasteiger partial charge in [-0.25, -0.2) is 0 Å². The van der Waals surface area contributed by atoms with Gasteiger partial charge in [-0.1, -0.05) is 29.8 Å². The number of carbonyl (C=O) groups excluding carboxylic acids is 1. The first-order chi connectivity index (χ1) is 10.3. The first-order valence-corrected chi connectivity index (χ1v) is 7.98. The summed E-state index contributed by atoms with van der Waals surface area (Å²) in [5.41, 5.74) is 1.60. The van der Waals surface area contributed by atoms with E-state index in [1.807, 2.05) is 18.2 Å². The molecule has 6 heteroatoms. The number of anilines is 1. The normalized spacial score (nSPS) is 13.8. The monoisotopic (exact) mass is 322 g/mol. The number of hydrogen-bond acceptors (Lipinski definition) is 4. The van der Waals surface area contributed by atoms with E-state index in [9.17, 15) is 4.79 Å². The predicted octanol–water partition coefficient (Wildman–Crippen LogP) is 3.01. The average molecular weight is 323 g/mol. The Labute approximate surface area is 132 Å². The van der Waals surface area contributed by atoms with Crippen molar-refractivity contribution in [3.8, 4) is 0 Å². The van der Waals surface area contributed by atoms with Gasteiger partial charge in [0.1, 0.15) is 0 Å². The van der Waals surface area contributed by atoms with Crippen molar-refractivity contribution in [2.45, 2.75) is 13.0 Å². The summed E-state index contributed by atoms with van der Waals surface area (Å²) in [4.78, 5) is 18.8. The molecular formula is C15H15ClN2O2S. The second kappa shape index (κ2) is 6.58. The first-order valence-electron chi connectivity index (χ1n) is 6.72. The van der Waals surface area contributed by atoms with Gasteiger partial charge in [-0.05, 0) is 23.1 Å². The minimum Gasteiger partial charge on any atom is -0.309 e. The smallest absolute Gasteiger partial charge is 0.255 e. The van der Waals surface area contributed by atoms with Gasteiger partial charge in [-0.15, -0.1) is 11.3 Å². The third-order valence-electron chi connectivity index (χ3n) is 3.22. The molecule has 0 unspecified atom stereocenters. The number of amides is 1. The lowest BCUT2D eigenvalue weighted by Crippen LogP contribution is -2.31. The van der Waals surface area contributed by atoms with Crippen molar-refractivity contribution in [1.82, 2.24) is 5.32 Å². The predicted molar refractivity (Wildman–Crippen MR) is 84.6 cm³/mol. The summed E-state index contributed by atoms with van der Waals surface area (Å²) in [5.74, 6) is -0.0728. The van der Waals surface area contributed by atoms with E-state index in [4.69, 9.17) is 16.4 Å². The van der Waals surface area contributed by atoms with Crippen LogP contribution >= 0.6 is 22.9 Å². The van der Waals surface area contributed by atoms with Crippen LogP contribution < -0.4 is 10.4 Å². The Hall–Kier alpha value is -1.40. The fraction of sp³-hybridized carbons (Fsp3) is 0.267. The molecule has 1 aliphatic heterocycles. The molecule has 1 aliphatic rings. The van der Waals surface area contributed by atoms with Crippen molar-refractivity contribution in [3.05, 3.63) is 51.2 Å². The molecule has 4 nitrogen and oxygen atoms in total. The molecule has 1 amide bonds. The maximum absolute atomic E-state index is 12.0. The van der Waals surface area contributed by atoms with Gasteiger partial charge in [-0.3, -0.25) is 9.63 Å². The minimum atomic E-state index is -0.0728. The van der Waals surface area contributed by atoms with Crippen molar-refractivity contribution in [3.63, 3.8) is 0 Å². The quantitative estimate of drug-likeness (QED) is 0.831. The lowest BCUT2D eigenvalue weighted by molar-refractivity contribution is -0.124.